The van der Waals surface area contributed by atoms with Gasteiger partial charge >= 0.3 is 17.9 Å². The molecule has 1 saturated carbocycles. The summed E-state index contributed by atoms with van der Waals surface area (Å²) in [6.45, 7) is 8.28. The van der Waals surface area contributed by atoms with E-state index in [0.29, 0.717) is 12.8 Å². The lowest BCUT2D eigenvalue weighted by Gasteiger charge is -2.61. The number of methoxy groups -OCH3 is 3. The molecule has 9 rings (SSSR count). The molecule has 12 atom stereocenters. The predicted octanol–water partition coefficient (Wildman–Crippen LogP) is 7.78. The smallest absolute Gasteiger partial charge is 0.338 e. The SMILES string of the molecule is CO[C@H]1O[C@H](CO[Si](c2ccccc2)(c2ccccc2)C(C)(C)C)[C@H]2O[C@@]3(OC)CCCC[C@]3(OC)O[C@@H]2[C@@H]1O[C@@H]1O[C@@H](C)[C@H](OC(=O)c2ccccc2)[C@@H](OC(=O)c2ccccc2)[C@H]1OC(=O)c1ccccc1. The fraction of sp³-hybridized carbons (Fsp3) is 0.431. The fourth-order valence-corrected chi connectivity index (χ4v) is 15.6. The van der Waals surface area contributed by atoms with Crippen LogP contribution in [0.5, 0.6) is 0 Å². The number of carbonyl (C=O) groups is 3. The van der Waals surface area contributed by atoms with E-state index >= 15 is 0 Å². The second kappa shape index (κ2) is 22.7. The molecule has 5 aromatic carbocycles. The maximum Gasteiger partial charge on any atom is 0.338 e. The first-order chi connectivity index (χ1) is 35.8. The van der Waals surface area contributed by atoms with Crippen LogP contribution in [0.25, 0.3) is 0 Å². The zero-order valence-electron chi connectivity index (χ0n) is 42.9. The number of esters is 3. The molecular weight excluding hydrogens is 965 g/mol. The number of hydrogen-bond donors (Lipinski definition) is 0. The number of hydrogen-bond acceptors (Lipinski definition) is 15. The third kappa shape index (κ3) is 10.4. The molecule has 15 nitrogen and oxygen atoms in total. The van der Waals surface area contributed by atoms with Crippen LogP contribution in [0.3, 0.4) is 0 Å². The van der Waals surface area contributed by atoms with E-state index in [2.05, 4.69) is 45.0 Å². The molecule has 74 heavy (non-hydrogen) atoms. The minimum absolute atomic E-state index is 0.0322. The van der Waals surface area contributed by atoms with Gasteiger partial charge in [-0.15, -0.1) is 0 Å². The summed E-state index contributed by atoms with van der Waals surface area (Å²) in [5.74, 6) is -5.09. The maximum absolute atomic E-state index is 14.3. The molecule has 0 radical (unpaired) electrons. The Hall–Kier alpha value is -5.63. The van der Waals surface area contributed by atoms with Gasteiger partial charge in [-0.1, -0.05) is 136 Å². The van der Waals surface area contributed by atoms with Gasteiger partial charge in [0.15, 0.2) is 30.9 Å². The third-order valence-corrected chi connectivity index (χ3v) is 19.6. The minimum Gasteiger partial charge on any atom is -0.452 e. The van der Waals surface area contributed by atoms with E-state index in [4.69, 9.17) is 56.5 Å². The number of ether oxygens (including phenoxy) is 11. The van der Waals surface area contributed by atoms with Crippen LogP contribution in [0.15, 0.2) is 152 Å². The van der Waals surface area contributed by atoms with Gasteiger partial charge < -0.3 is 56.5 Å². The molecule has 16 heteroatoms. The normalized spacial score (nSPS) is 30.0. The summed E-state index contributed by atoms with van der Waals surface area (Å²) < 4.78 is 80.5. The Morgan fingerprint density at radius 1 is 0.541 bits per heavy atom. The van der Waals surface area contributed by atoms with Crippen LogP contribution in [0.1, 0.15) is 84.5 Å². The first kappa shape index (κ1) is 53.2. The van der Waals surface area contributed by atoms with Crippen molar-refractivity contribution < 1.29 is 70.9 Å². The largest absolute Gasteiger partial charge is 0.452 e. The van der Waals surface area contributed by atoms with Gasteiger partial charge in [0.25, 0.3) is 8.32 Å². The highest BCUT2D eigenvalue weighted by atomic mass is 28.4. The highest BCUT2D eigenvalue weighted by Crippen LogP contribution is 2.52. The van der Waals surface area contributed by atoms with Gasteiger partial charge in [0.1, 0.15) is 24.4 Å². The van der Waals surface area contributed by atoms with Gasteiger partial charge in [0.05, 0.1) is 29.4 Å². The standard InChI is InChI=1S/C58H66O15Si/c1-38-45(68-51(59)39-25-13-8-14-26-39)47(69-52(60)40-27-15-9-16-28-40)49(70-53(61)41-29-17-10-18-30-41)55(66-38)71-50-48-46(72-57(63-6)35-23-24-36-58(57,64-7)73-48)44(67-54(50)62-5)37-65-74(56(2,3)4,42-31-19-11-20-32-42)43-33-21-12-22-34-43/h8-22,25-34,38,44-50,54-55H,23-24,35-37H2,1-7H3/t38-,44+,45-,46+,47+,48-,49+,50-,54-,55-,57-,58-/m0/s1. The Bertz CT molecular complexity index is 2600. The molecule has 0 N–H and O–H groups in total. The topological polar surface area (TPSA) is 162 Å². The molecule has 392 valence electrons. The van der Waals surface area contributed by atoms with E-state index in [1.165, 1.54) is 7.11 Å². The lowest BCUT2D eigenvalue weighted by atomic mass is 9.83. The molecular formula is C58H66O15Si. The predicted molar refractivity (Wildman–Crippen MR) is 273 cm³/mol. The van der Waals surface area contributed by atoms with E-state index in [0.717, 1.165) is 23.2 Å². The Balaban J connectivity index is 1.12. The summed E-state index contributed by atoms with van der Waals surface area (Å²) in [4.78, 5) is 42.4. The molecule has 3 heterocycles. The molecule has 0 bridgehead atoms. The summed E-state index contributed by atoms with van der Waals surface area (Å²) in [5, 5.41) is 1.77. The van der Waals surface area contributed by atoms with Gasteiger partial charge in [-0.05, 0) is 71.6 Å². The summed E-state index contributed by atoms with van der Waals surface area (Å²) in [7, 11) is 1.46. The van der Waals surface area contributed by atoms with Crippen LogP contribution in [0.4, 0.5) is 0 Å². The number of carbonyl (C=O) groups excluding carboxylic acids is 3. The zero-order valence-corrected chi connectivity index (χ0v) is 43.9. The highest BCUT2D eigenvalue weighted by molar-refractivity contribution is 6.99. The lowest BCUT2D eigenvalue weighted by molar-refractivity contribution is -0.501. The molecule has 3 aliphatic heterocycles. The van der Waals surface area contributed by atoms with Crippen LogP contribution in [-0.2, 0) is 56.5 Å². The second-order valence-electron chi connectivity index (χ2n) is 20.1. The highest BCUT2D eigenvalue weighted by Gasteiger charge is 2.68. The summed E-state index contributed by atoms with van der Waals surface area (Å²) in [5.41, 5.74) is 0.628. The van der Waals surface area contributed by atoms with Crippen LogP contribution in [0.2, 0.25) is 5.04 Å². The van der Waals surface area contributed by atoms with Crippen LogP contribution in [-0.4, -0.2) is 127 Å². The Morgan fingerprint density at radius 2 is 0.959 bits per heavy atom. The van der Waals surface area contributed by atoms with Crippen molar-refractivity contribution in [2.75, 3.05) is 27.9 Å². The molecule has 4 aliphatic rings. The monoisotopic (exact) mass is 1030 g/mol. The molecule has 0 aromatic heterocycles. The van der Waals surface area contributed by atoms with Crippen molar-refractivity contribution in [2.45, 2.75) is 131 Å². The average Bonchev–Trinajstić information content (AvgIpc) is 3.43. The Morgan fingerprint density at radius 3 is 1.39 bits per heavy atom. The number of fused-ring (bicyclic) bond motifs is 2. The molecule has 4 fully saturated rings. The maximum atomic E-state index is 14.3. The van der Waals surface area contributed by atoms with Crippen molar-refractivity contribution in [3.63, 3.8) is 0 Å². The van der Waals surface area contributed by atoms with Crippen LogP contribution >= 0.6 is 0 Å². The molecule has 0 unspecified atom stereocenters. The molecule has 0 spiro atoms. The average molecular weight is 1030 g/mol. The number of rotatable bonds is 16. The van der Waals surface area contributed by atoms with Crippen LogP contribution in [0, 0.1) is 0 Å². The van der Waals surface area contributed by atoms with E-state index in [-0.39, 0.29) is 28.3 Å². The Labute approximate surface area is 433 Å². The third-order valence-electron chi connectivity index (χ3n) is 14.6. The second-order valence-corrected chi connectivity index (χ2v) is 24.4. The van der Waals surface area contributed by atoms with E-state index < -0.39 is 99.2 Å². The van der Waals surface area contributed by atoms with Crippen molar-refractivity contribution >= 4 is 36.6 Å². The van der Waals surface area contributed by atoms with Gasteiger partial charge in [-0.3, -0.25) is 0 Å². The Kier molecular flexibility index (Phi) is 16.3. The quantitative estimate of drug-likeness (QED) is 0.0535. The van der Waals surface area contributed by atoms with E-state index in [1.54, 1.807) is 112 Å². The van der Waals surface area contributed by atoms with E-state index in [1.807, 2.05) is 36.4 Å². The van der Waals surface area contributed by atoms with Crippen molar-refractivity contribution in [1.29, 1.82) is 0 Å². The van der Waals surface area contributed by atoms with Crippen molar-refractivity contribution in [3.8, 4) is 0 Å². The molecule has 3 saturated heterocycles. The van der Waals surface area contributed by atoms with Gasteiger partial charge in [0.2, 0.25) is 11.6 Å². The summed E-state index contributed by atoms with van der Waals surface area (Å²) >= 11 is 0. The first-order valence-corrected chi connectivity index (χ1v) is 27.2. The summed E-state index contributed by atoms with van der Waals surface area (Å²) in [6.07, 6.45) is -9.90. The zero-order chi connectivity index (χ0) is 52.1. The van der Waals surface area contributed by atoms with E-state index in [9.17, 15) is 14.4 Å². The van der Waals surface area contributed by atoms with Crippen molar-refractivity contribution in [2.24, 2.45) is 0 Å². The summed E-state index contributed by atoms with van der Waals surface area (Å²) in [6, 6.07) is 45.6. The molecule has 0 amide bonds. The van der Waals surface area contributed by atoms with Crippen molar-refractivity contribution in [3.05, 3.63) is 168 Å². The lowest BCUT2D eigenvalue weighted by Crippen LogP contribution is -2.76. The van der Waals surface area contributed by atoms with Gasteiger partial charge in [-0.25, -0.2) is 14.4 Å². The van der Waals surface area contributed by atoms with Crippen LogP contribution < -0.4 is 10.4 Å². The van der Waals surface area contributed by atoms with Crippen molar-refractivity contribution in [1.82, 2.24) is 0 Å². The minimum atomic E-state index is -3.15. The first-order valence-electron chi connectivity index (χ1n) is 25.3. The molecule has 1 aliphatic carbocycles. The molecule has 5 aromatic rings. The number of benzene rings is 5. The fourth-order valence-electron chi connectivity index (χ4n) is 11.0. The van der Waals surface area contributed by atoms with Gasteiger partial charge in [-0.2, -0.15) is 0 Å². The van der Waals surface area contributed by atoms with Gasteiger partial charge in [0, 0.05) is 34.2 Å².